The van der Waals surface area contributed by atoms with Crippen LogP contribution < -0.4 is 15.0 Å². The van der Waals surface area contributed by atoms with Gasteiger partial charge in [-0.1, -0.05) is 12.1 Å². The van der Waals surface area contributed by atoms with Gasteiger partial charge in [0.25, 0.3) is 5.91 Å². The Kier molecular flexibility index (Phi) is 4.80. The Labute approximate surface area is 124 Å². The molecule has 1 aromatic rings. The molecule has 114 valence electrons. The van der Waals surface area contributed by atoms with E-state index in [1.807, 2.05) is 38.2 Å². The largest absolute Gasteiger partial charge is 0.497 e. The number of benzene rings is 1. The van der Waals surface area contributed by atoms with Crippen molar-refractivity contribution in [1.29, 1.82) is 0 Å². The molecule has 0 aliphatic carbocycles. The lowest BCUT2D eigenvalue weighted by Gasteiger charge is -2.24. The van der Waals surface area contributed by atoms with Gasteiger partial charge in [-0.2, -0.15) is 0 Å². The Morgan fingerprint density at radius 3 is 2.90 bits per heavy atom. The van der Waals surface area contributed by atoms with E-state index in [2.05, 4.69) is 5.32 Å². The lowest BCUT2D eigenvalue weighted by atomic mass is 10.1. The Balaban J connectivity index is 1.99. The van der Waals surface area contributed by atoms with Crippen LogP contribution in [0.1, 0.15) is 12.5 Å². The smallest absolute Gasteiger partial charge is 0.324 e. The fourth-order valence-electron chi connectivity index (χ4n) is 2.38. The van der Waals surface area contributed by atoms with Gasteiger partial charge in [0.1, 0.15) is 12.3 Å². The van der Waals surface area contributed by atoms with E-state index in [4.69, 9.17) is 4.74 Å². The quantitative estimate of drug-likeness (QED) is 0.780. The number of urea groups is 1. The molecule has 1 aliphatic heterocycles. The van der Waals surface area contributed by atoms with Crippen molar-refractivity contribution in [3.63, 3.8) is 0 Å². The van der Waals surface area contributed by atoms with Crippen LogP contribution in [0.5, 0.6) is 5.75 Å². The van der Waals surface area contributed by atoms with E-state index in [0.717, 1.165) is 16.2 Å². The van der Waals surface area contributed by atoms with Gasteiger partial charge < -0.3 is 15.0 Å². The van der Waals surface area contributed by atoms with Crippen molar-refractivity contribution >= 4 is 11.9 Å². The standard InChI is InChI=1S/C15H21N3O3/c1-11(14(19)18-8-7-16-15(18)20)17(2)10-12-5-4-6-13(9-12)21-3/h4-6,9,11H,7-8,10H2,1-3H3,(H,16,20)/p+1/t11-/m0/s1. The van der Waals surface area contributed by atoms with E-state index in [9.17, 15) is 9.59 Å². The van der Waals surface area contributed by atoms with Crippen molar-refractivity contribution < 1.29 is 19.2 Å². The molecule has 1 aromatic carbocycles. The Hall–Kier alpha value is -2.08. The number of amides is 3. The SMILES string of the molecule is COc1cccc(C[NH+](C)[C@@H](C)C(=O)N2CCNC2=O)c1. The topological polar surface area (TPSA) is 63.1 Å². The minimum absolute atomic E-state index is 0.134. The fraction of sp³-hybridized carbons (Fsp3) is 0.467. The van der Waals surface area contributed by atoms with Gasteiger partial charge in [-0.25, -0.2) is 4.79 Å². The summed E-state index contributed by atoms with van der Waals surface area (Å²) >= 11 is 0. The molecule has 2 rings (SSSR count). The molecule has 1 saturated heterocycles. The van der Waals surface area contributed by atoms with Crippen LogP contribution in [0, 0.1) is 0 Å². The summed E-state index contributed by atoms with van der Waals surface area (Å²) in [6.45, 7) is 3.53. The van der Waals surface area contributed by atoms with Crippen molar-refractivity contribution in [2.45, 2.75) is 19.5 Å². The highest BCUT2D eigenvalue weighted by Gasteiger charge is 2.33. The summed E-state index contributed by atoms with van der Waals surface area (Å²) in [7, 11) is 3.59. The molecule has 1 unspecified atom stereocenters. The van der Waals surface area contributed by atoms with Crippen LogP contribution >= 0.6 is 0 Å². The number of nitrogens with one attached hydrogen (secondary N) is 2. The highest BCUT2D eigenvalue weighted by molar-refractivity contribution is 5.97. The molecule has 2 N–H and O–H groups in total. The average Bonchev–Trinajstić information content (AvgIpc) is 2.92. The number of hydrogen-bond acceptors (Lipinski definition) is 3. The fourth-order valence-corrected chi connectivity index (χ4v) is 2.38. The third-order valence-corrected chi connectivity index (χ3v) is 3.85. The van der Waals surface area contributed by atoms with Crippen molar-refractivity contribution in [2.24, 2.45) is 0 Å². The zero-order valence-electron chi connectivity index (χ0n) is 12.7. The lowest BCUT2D eigenvalue weighted by Crippen LogP contribution is -3.12. The van der Waals surface area contributed by atoms with Gasteiger partial charge in [0.15, 0.2) is 6.04 Å². The molecule has 0 spiro atoms. The number of methoxy groups -OCH3 is 1. The molecule has 0 radical (unpaired) electrons. The van der Waals surface area contributed by atoms with Crippen LogP contribution in [0.3, 0.4) is 0 Å². The van der Waals surface area contributed by atoms with Crippen LogP contribution in [0.2, 0.25) is 0 Å². The summed E-state index contributed by atoms with van der Waals surface area (Å²) in [5, 5.41) is 2.65. The van der Waals surface area contributed by atoms with Crippen molar-refractivity contribution in [2.75, 3.05) is 27.2 Å². The van der Waals surface area contributed by atoms with Crippen LogP contribution in [0.25, 0.3) is 0 Å². The number of likely N-dealkylation sites (N-methyl/N-ethyl adjacent to an activating group) is 1. The molecule has 0 saturated carbocycles. The maximum absolute atomic E-state index is 12.3. The number of rotatable bonds is 5. The maximum atomic E-state index is 12.3. The van der Waals surface area contributed by atoms with Gasteiger partial charge >= 0.3 is 6.03 Å². The Bertz CT molecular complexity index is 533. The highest BCUT2D eigenvalue weighted by atomic mass is 16.5. The van der Waals surface area contributed by atoms with E-state index in [0.29, 0.717) is 19.6 Å². The number of carbonyl (C=O) groups excluding carboxylic acids is 2. The summed E-state index contributed by atoms with van der Waals surface area (Å²) in [6, 6.07) is 7.22. The van der Waals surface area contributed by atoms with E-state index < -0.39 is 0 Å². The number of hydrogen-bond donors (Lipinski definition) is 2. The molecule has 1 fully saturated rings. The number of nitrogens with zero attached hydrogens (tertiary/aromatic N) is 1. The monoisotopic (exact) mass is 292 g/mol. The number of quaternary nitrogens is 1. The average molecular weight is 292 g/mol. The first-order chi connectivity index (χ1) is 10.0. The number of imide groups is 1. The second-order valence-electron chi connectivity index (χ2n) is 5.32. The van der Waals surface area contributed by atoms with Crippen molar-refractivity contribution in [3.8, 4) is 5.75 Å². The normalized spacial score (nSPS) is 17.3. The molecular formula is C15H22N3O3+. The minimum atomic E-state index is -0.291. The summed E-state index contributed by atoms with van der Waals surface area (Å²) in [4.78, 5) is 26.2. The van der Waals surface area contributed by atoms with Crippen molar-refractivity contribution in [3.05, 3.63) is 29.8 Å². The molecule has 2 atom stereocenters. The van der Waals surface area contributed by atoms with Crippen LogP contribution in [-0.2, 0) is 11.3 Å². The first kappa shape index (κ1) is 15.3. The molecule has 1 heterocycles. The third-order valence-electron chi connectivity index (χ3n) is 3.85. The van der Waals surface area contributed by atoms with E-state index in [1.54, 1.807) is 7.11 Å². The minimum Gasteiger partial charge on any atom is -0.497 e. The molecule has 0 aromatic heterocycles. The van der Waals surface area contributed by atoms with Crippen LogP contribution in [0.15, 0.2) is 24.3 Å². The number of carbonyl (C=O) groups is 2. The molecule has 6 nitrogen and oxygen atoms in total. The van der Waals surface area contributed by atoms with Gasteiger partial charge in [-0.3, -0.25) is 9.69 Å². The zero-order valence-corrected chi connectivity index (χ0v) is 12.7. The first-order valence-corrected chi connectivity index (χ1v) is 7.07. The third kappa shape index (κ3) is 3.52. The van der Waals surface area contributed by atoms with E-state index in [1.165, 1.54) is 4.90 Å². The molecular weight excluding hydrogens is 270 g/mol. The number of ether oxygens (including phenoxy) is 1. The van der Waals surface area contributed by atoms with Crippen LogP contribution in [-0.4, -0.2) is 50.1 Å². The van der Waals surface area contributed by atoms with Gasteiger partial charge in [0, 0.05) is 18.7 Å². The lowest BCUT2D eigenvalue weighted by molar-refractivity contribution is -0.908. The molecule has 1 aliphatic rings. The summed E-state index contributed by atoms with van der Waals surface area (Å²) < 4.78 is 5.20. The summed E-state index contributed by atoms with van der Waals surface area (Å²) in [5.41, 5.74) is 1.09. The Morgan fingerprint density at radius 1 is 1.52 bits per heavy atom. The second-order valence-corrected chi connectivity index (χ2v) is 5.32. The summed E-state index contributed by atoms with van der Waals surface area (Å²) in [6.07, 6.45) is 0. The van der Waals surface area contributed by atoms with Crippen LogP contribution in [0.4, 0.5) is 4.79 Å². The maximum Gasteiger partial charge on any atom is 0.324 e. The zero-order chi connectivity index (χ0) is 15.4. The first-order valence-electron chi connectivity index (χ1n) is 7.07. The highest BCUT2D eigenvalue weighted by Crippen LogP contribution is 2.11. The van der Waals surface area contributed by atoms with Gasteiger partial charge in [-0.15, -0.1) is 0 Å². The van der Waals surface area contributed by atoms with E-state index in [-0.39, 0.29) is 18.0 Å². The van der Waals surface area contributed by atoms with Gasteiger partial charge in [0.2, 0.25) is 0 Å². The summed E-state index contributed by atoms with van der Waals surface area (Å²) in [5.74, 6) is 0.670. The second kappa shape index (κ2) is 6.58. The van der Waals surface area contributed by atoms with E-state index >= 15 is 0 Å². The Morgan fingerprint density at radius 2 is 2.29 bits per heavy atom. The molecule has 6 heteroatoms. The molecule has 21 heavy (non-hydrogen) atoms. The van der Waals surface area contributed by atoms with Gasteiger partial charge in [0.05, 0.1) is 14.2 Å². The predicted molar refractivity (Wildman–Crippen MR) is 78.2 cm³/mol. The van der Waals surface area contributed by atoms with Crippen molar-refractivity contribution in [1.82, 2.24) is 10.2 Å². The van der Waals surface area contributed by atoms with Gasteiger partial charge in [-0.05, 0) is 19.1 Å². The molecule has 3 amide bonds. The predicted octanol–water partition coefficient (Wildman–Crippen LogP) is -0.350. The molecule has 0 bridgehead atoms.